The Morgan fingerprint density at radius 3 is 1.60 bits per heavy atom. The maximum Gasteiger partial charge on any atom is 0.334 e. The molecule has 0 radical (unpaired) electrons. The van der Waals surface area contributed by atoms with Crippen molar-refractivity contribution in [3.05, 3.63) is 64.9 Å². The molecule has 0 spiro atoms. The zero-order valence-corrected chi connectivity index (χ0v) is 28.1. The Balaban J connectivity index is 0.000000281. The Morgan fingerprint density at radius 1 is 0.738 bits per heavy atom. The molecule has 42 heavy (non-hydrogen) atoms. The molecule has 0 saturated carbocycles. The van der Waals surface area contributed by atoms with Gasteiger partial charge in [0.2, 0.25) is 0 Å². The summed E-state index contributed by atoms with van der Waals surface area (Å²) in [7, 11) is 0. The quantitative estimate of drug-likeness (QED) is 0.201. The van der Waals surface area contributed by atoms with Gasteiger partial charge in [-0.25, -0.2) is 9.79 Å². The summed E-state index contributed by atoms with van der Waals surface area (Å²) in [6.07, 6.45) is 1.75. The van der Waals surface area contributed by atoms with Gasteiger partial charge in [0.25, 0.3) is 0 Å². The number of aryl methyl sites for hydroxylation is 2. The van der Waals surface area contributed by atoms with E-state index >= 15 is 0 Å². The van der Waals surface area contributed by atoms with Crippen LogP contribution in [0.5, 0.6) is 11.5 Å². The van der Waals surface area contributed by atoms with Gasteiger partial charge in [0.15, 0.2) is 17.4 Å². The molecule has 4 rings (SSSR count). The third-order valence-electron chi connectivity index (χ3n) is 6.11. The first-order chi connectivity index (χ1) is 18.9. The molecule has 234 valence electrons. The number of nitrogens with zero attached hydrogens (tertiary/aromatic N) is 2. The Kier molecular flexibility index (Phi) is 12.2. The van der Waals surface area contributed by atoms with Crippen molar-refractivity contribution in [3.8, 4) is 11.5 Å². The van der Waals surface area contributed by atoms with Crippen molar-refractivity contribution in [1.29, 1.82) is 0 Å². The smallest absolute Gasteiger partial charge is 0.334 e. The molecule has 2 aromatic heterocycles. The number of cyclic esters (lactones) is 1. The number of aromatic nitrogens is 1. The lowest BCUT2D eigenvalue weighted by Gasteiger charge is -2.19. The van der Waals surface area contributed by atoms with Gasteiger partial charge < -0.3 is 23.9 Å². The first kappa shape index (κ1) is 36.5. The van der Waals surface area contributed by atoms with Crippen molar-refractivity contribution in [1.82, 2.24) is 5.16 Å². The minimum Gasteiger partial charge on any atom is -0.504 e. The number of carbonyl (C=O) groups excluding carboxylic acids is 1. The van der Waals surface area contributed by atoms with Crippen LogP contribution in [0, 0.1) is 19.3 Å². The van der Waals surface area contributed by atoms with E-state index in [9.17, 15) is 9.90 Å². The lowest BCUT2D eigenvalue weighted by atomic mass is 9.87. The average Bonchev–Trinajstić information content (AvgIpc) is 3.56. The number of phenolic OH excluding ortho intramolecular Hbond substituents is 2. The predicted molar refractivity (Wildman–Crippen MR) is 168 cm³/mol. The first-order valence-corrected chi connectivity index (χ1v) is 14.2. The fourth-order valence-electron chi connectivity index (χ4n) is 3.57. The molecule has 3 heterocycles. The molecule has 1 aromatic carbocycles. The van der Waals surface area contributed by atoms with Gasteiger partial charge in [-0.1, -0.05) is 94.3 Å². The molecule has 8 heteroatoms. The van der Waals surface area contributed by atoms with Crippen molar-refractivity contribution in [3.63, 3.8) is 0 Å². The zero-order valence-electron chi connectivity index (χ0n) is 28.1. The SMILES string of the molecule is CC(C)(C)C1=NCC(=O)O1.CC(C)(C)c1ccc(O)c(O)c1.Cc1cc(C(C)(C)C)no1.Cc1occc1C(C)(C)C. The average molecular weight is 585 g/mol. The summed E-state index contributed by atoms with van der Waals surface area (Å²) in [6, 6.07) is 8.93. The number of ether oxygens (including phenoxy) is 1. The van der Waals surface area contributed by atoms with E-state index in [1.165, 1.54) is 11.6 Å². The molecular formula is C34H52N2O6. The maximum atomic E-state index is 10.6. The fourth-order valence-corrected chi connectivity index (χ4v) is 3.57. The van der Waals surface area contributed by atoms with E-state index in [0.29, 0.717) is 5.90 Å². The van der Waals surface area contributed by atoms with Crippen LogP contribution in [0.25, 0.3) is 0 Å². The molecule has 1 aliphatic rings. The molecule has 0 aliphatic carbocycles. The van der Waals surface area contributed by atoms with Crippen molar-refractivity contribution in [2.45, 2.75) is 113 Å². The zero-order chi connectivity index (χ0) is 32.7. The van der Waals surface area contributed by atoms with Crippen molar-refractivity contribution >= 4 is 11.9 Å². The van der Waals surface area contributed by atoms with Gasteiger partial charge in [-0.05, 0) is 54.0 Å². The highest BCUT2D eigenvalue weighted by Gasteiger charge is 2.27. The second-order valence-electron chi connectivity index (χ2n) is 14.5. The van der Waals surface area contributed by atoms with Crippen LogP contribution in [0.2, 0.25) is 0 Å². The molecule has 0 bridgehead atoms. The molecule has 0 amide bonds. The molecule has 1 aliphatic heterocycles. The number of aromatic hydroxyl groups is 2. The first-order valence-electron chi connectivity index (χ1n) is 14.2. The van der Waals surface area contributed by atoms with Crippen LogP contribution < -0.4 is 0 Å². The molecule has 2 N–H and O–H groups in total. The van der Waals surface area contributed by atoms with Gasteiger partial charge in [0, 0.05) is 16.9 Å². The maximum absolute atomic E-state index is 10.6. The Morgan fingerprint density at radius 2 is 1.33 bits per heavy atom. The number of carbonyl (C=O) groups is 1. The van der Waals surface area contributed by atoms with Crippen molar-refractivity contribution in [2.24, 2.45) is 10.4 Å². The van der Waals surface area contributed by atoms with Crippen LogP contribution in [0.4, 0.5) is 0 Å². The topological polar surface area (TPSA) is 118 Å². The second kappa shape index (κ2) is 14.1. The standard InChI is InChI=1S/C10H14O2.C9H14O.C8H13NO.C7H11NO2/c1-10(2,3)7-4-5-8(11)9(12)6-7;1-7-8(5-6-10-7)9(2,3)4;1-6-5-7(9-10-6)8(2,3)4;1-7(2,3)6-8-4-5(9)10-6/h4-6,11-12H,1-3H3;5-6H,1-4H3;5H,1-4H3;4H2,1-3H3. The van der Waals surface area contributed by atoms with E-state index in [-0.39, 0.29) is 45.7 Å². The Hall–Kier alpha value is -3.55. The van der Waals surface area contributed by atoms with Crippen LogP contribution >= 0.6 is 0 Å². The summed E-state index contributed by atoms with van der Waals surface area (Å²) in [5.41, 5.74) is 3.53. The third-order valence-corrected chi connectivity index (χ3v) is 6.11. The van der Waals surface area contributed by atoms with E-state index in [0.717, 1.165) is 22.8 Å². The van der Waals surface area contributed by atoms with Gasteiger partial charge in [0.05, 0.1) is 12.0 Å². The highest BCUT2D eigenvalue weighted by Crippen LogP contribution is 2.31. The number of rotatable bonds is 0. The Labute approximate surface area is 252 Å². The number of hydrogen-bond donors (Lipinski definition) is 2. The highest BCUT2D eigenvalue weighted by molar-refractivity contribution is 5.97. The number of benzene rings is 1. The number of furan rings is 1. The number of hydrogen-bond acceptors (Lipinski definition) is 8. The summed E-state index contributed by atoms with van der Waals surface area (Å²) in [6.45, 7) is 29.0. The van der Waals surface area contributed by atoms with E-state index in [2.05, 4.69) is 72.5 Å². The summed E-state index contributed by atoms with van der Waals surface area (Å²) >= 11 is 0. The molecule has 0 fully saturated rings. The number of phenols is 2. The van der Waals surface area contributed by atoms with Crippen LogP contribution in [0.15, 0.2) is 50.5 Å². The third kappa shape index (κ3) is 12.1. The highest BCUT2D eigenvalue weighted by atomic mass is 16.6. The van der Waals surface area contributed by atoms with Crippen LogP contribution in [-0.4, -0.2) is 33.8 Å². The van der Waals surface area contributed by atoms with Gasteiger partial charge in [-0.2, -0.15) is 0 Å². The van der Waals surface area contributed by atoms with Gasteiger partial charge in [0.1, 0.15) is 18.1 Å². The molecule has 0 unspecified atom stereocenters. The second-order valence-corrected chi connectivity index (χ2v) is 14.5. The summed E-state index contributed by atoms with van der Waals surface area (Å²) < 4.78 is 15.0. The van der Waals surface area contributed by atoms with Crippen molar-refractivity contribution < 1.29 is 28.7 Å². The van der Waals surface area contributed by atoms with Gasteiger partial charge in [-0.15, -0.1) is 0 Å². The fraction of sp³-hybridized carbons (Fsp3) is 0.559. The minimum absolute atomic E-state index is 0.00514. The summed E-state index contributed by atoms with van der Waals surface area (Å²) in [4.78, 5) is 14.5. The number of esters is 1. The normalized spacial score (nSPS) is 13.5. The van der Waals surface area contributed by atoms with Gasteiger partial charge in [-0.3, -0.25) is 0 Å². The lowest BCUT2D eigenvalue weighted by molar-refractivity contribution is -0.132. The summed E-state index contributed by atoms with van der Waals surface area (Å²) in [5, 5.41) is 22.2. The van der Waals surface area contributed by atoms with E-state index in [4.69, 9.17) is 18.8 Å². The van der Waals surface area contributed by atoms with Crippen LogP contribution in [0.3, 0.4) is 0 Å². The Bertz CT molecular complexity index is 1320. The van der Waals surface area contributed by atoms with Gasteiger partial charge >= 0.3 is 5.97 Å². The molecule has 0 atom stereocenters. The molecular weight excluding hydrogens is 532 g/mol. The van der Waals surface area contributed by atoms with E-state index in [1.54, 1.807) is 12.3 Å². The lowest BCUT2D eigenvalue weighted by Crippen LogP contribution is -2.21. The number of aliphatic imine (C=N–C) groups is 1. The van der Waals surface area contributed by atoms with Crippen molar-refractivity contribution in [2.75, 3.05) is 6.54 Å². The summed E-state index contributed by atoms with van der Waals surface area (Å²) in [5.74, 6) is 2.10. The molecule has 3 aromatic rings. The predicted octanol–water partition coefficient (Wildman–Crippen LogP) is 8.55. The van der Waals surface area contributed by atoms with Crippen LogP contribution in [0.1, 0.15) is 111 Å². The van der Waals surface area contributed by atoms with E-state index < -0.39 is 0 Å². The minimum atomic E-state index is -0.245. The molecule has 0 saturated heterocycles. The van der Waals surface area contributed by atoms with Crippen LogP contribution in [-0.2, 0) is 25.8 Å². The monoisotopic (exact) mass is 584 g/mol. The molecule has 8 nitrogen and oxygen atoms in total. The largest absolute Gasteiger partial charge is 0.504 e. The van der Waals surface area contributed by atoms with E-state index in [1.807, 2.05) is 52.8 Å².